The Morgan fingerprint density at radius 2 is 2.11 bits per heavy atom. The van der Waals surface area contributed by atoms with E-state index in [1.807, 2.05) is 0 Å². The lowest BCUT2D eigenvalue weighted by atomic mass is 9.88. The van der Waals surface area contributed by atoms with Crippen molar-refractivity contribution in [1.82, 2.24) is 4.90 Å². The van der Waals surface area contributed by atoms with Crippen LogP contribution >= 0.6 is 0 Å². The molecule has 3 unspecified atom stereocenters. The second-order valence-electron chi connectivity index (χ2n) is 6.40. The number of rotatable bonds is 2. The molecule has 3 aliphatic rings. The summed E-state index contributed by atoms with van der Waals surface area (Å²) in [5, 5.41) is 9.68. The molecule has 3 heterocycles. The number of hydrogen-bond acceptors (Lipinski definition) is 4. The summed E-state index contributed by atoms with van der Waals surface area (Å²) in [7, 11) is 0. The van der Waals surface area contributed by atoms with Crippen molar-refractivity contribution in [3.63, 3.8) is 0 Å². The molecule has 3 saturated heterocycles. The topological polar surface area (TPSA) is 41.9 Å². The summed E-state index contributed by atoms with van der Waals surface area (Å²) in [6.07, 6.45) is 8.24. The lowest BCUT2D eigenvalue weighted by Gasteiger charge is -2.44. The smallest absolute Gasteiger partial charge is 0.0951 e. The van der Waals surface area contributed by atoms with Crippen LogP contribution in [0.1, 0.15) is 44.9 Å². The number of aliphatic hydroxyl groups excluding tert-OH is 1. The zero-order chi connectivity index (χ0) is 13.1. The Morgan fingerprint density at radius 3 is 2.89 bits per heavy atom. The highest BCUT2D eigenvalue weighted by atomic mass is 16.6. The van der Waals surface area contributed by atoms with Gasteiger partial charge in [-0.15, -0.1) is 0 Å². The Kier molecular flexibility index (Phi) is 4.42. The van der Waals surface area contributed by atoms with Crippen molar-refractivity contribution in [2.24, 2.45) is 0 Å². The molecule has 0 bridgehead atoms. The minimum absolute atomic E-state index is 0.0186. The molecule has 19 heavy (non-hydrogen) atoms. The molecule has 4 heteroatoms. The maximum atomic E-state index is 9.68. The van der Waals surface area contributed by atoms with Gasteiger partial charge in [0.15, 0.2) is 0 Å². The van der Waals surface area contributed by atoms with Crippen molar-refractivity contribution < 1.29 is 14.6 Å². The fourth-order valence-corrected chi connectivity index (χ4v) is 4.02. The van der Waals surface area contributed by atoms with Crippen LogP contribution in [0, 0.1) is 0 Å². The number of hydrogen-bond donors (Lipinski definition) is 1. The van der Waals surface area contributed by atoms with E-state index in [2.05, 4.69) is 4.90 Å². The van der Waals surface area contributed by atoms with E-state index >= 15 is 0 Å². The summed E-state index contributed by atoms with van der Waals surface area (Å²) < 4.78 is 11.6. The van der Waals surface area contributed by atoms with E-state index in [0.717, 1.165) is 52.0 Å². The molecule has 0 amide bonds. The molecule has 1 spiro atoms. The lowest BCUT2D eigenvalue weighted by Crippen LogP contribution is -2.53. The van der Waals surface area contributed by atoms with Gasteiger partial charge in [-0.05, 0) is 32.2 Å². The molecule has 0 aliphatic carbocycles. The van der Waals surface area contributed by atoms with E-state index < -0.39 is 0 Å². The van der Waals surface area contributed by atoms with E-state index in [-0.39, 0.29) is 5.60 Å². The number of ether oxygens (including phenoxy) is 2. The Balaban J connectivity index is 1.68. The summed E-state index contributed by atoms with van der Waals surface area (Å²) >= 11 is 0. The molecule has 3 aliphatic heterocycles. The van der Waals surface area contributed by atoms with E-state index in [0.29, 0.717) is 18.7 Å². The Morgan fingerprint density at radius 1 is 1.16 bits per heavy atom. The van der Waals surface area contributed by atoms with Gasteiger partial charge in [0.05, 0.1) is 18.8 Å². The van der Waals surface area contributed by atoms with E-state index in [4.69, 9.17) is 9.47 Å². The van der Waals surface area contributed by atoms with Crippen LogP contribution in [0.2, 0.25) is 0 Å². The Bertz CT molecular complexity index is 291. The third-order valence-electron chi connectivity index (χ3n) is 5.14. The largest absolute Gasteiger partial charge is 0.395 e. The first-order valence-corrected chi connectivity index (χ1v) is 7.91. The summed E-state index contributed by atoms with van der Waals surface area (Å²) in [6, 6.07) is 0.940. The molecule has 3 atom stereocenters. The molecule has 0 radical (unpaired) electrons. The number of nitrogens with zero attached hydrogens (tertiary/aromatic N) is 1. The molecule has 3 rings (SSSR count). The molecule has 0 aromatic rings. The summed E-state index contributed by atoms with van der Waals surface area (Å²) in [5.74, 6) is 0. The van der Waals surface area contributed by atoms with Crippen molar-refractivity contribution in [3.8, 4) is 0 Å². The van der Waals surface area contributed by atoms with Crippen LogP contribution in [0.5, 0.6) is 0 Å². The van der Waals surface area contributed by atoms with E-state index in [9.17, 15) is 5.11 Å². The van der Waals surface area contributed by atoms with Crippen LogP contribution in [-0.2, 0) is 9.47 Å². The predicted molar refractivity (Wildman–Crippen MR) is 73.2 cm³/mol. The first kappa shape index (κ1) is 13.8. The van der Waals surface area contributed by atoms with Gasteiger partial charge in [-0.25, -0.2) is 0 Å². The zero-order valence-corrected chi connectivity index (χ0v) is 11.9. The third kappa shape index (κ3) is 2.97. The van der Waals surface area contributed by atoms with Crippen LogP contribution < -0.4 is 0 Å². The fraction of sp³-hybridized carbons (Fsp3) is 1.00. The van der Waals surface area contributed by atoms with Crippen LogP contribution in [0.25, 0.3) is 0 Å². The normalized spacial score (nSPS) is 41.5. The van der Waals surface area contributed by atoms with Crippen molar-refractivity contribution in [1.29, 1.82) is 0 Å². The first-order chi connectivity index (χ1) is 9.33. The third-order valence-corrected chi connectivity index (χ3v) is 5.14. The van der Waals surface area contributed by atoms with Crippen LogP contribution in [0.15, 0.2) is 0 Å². The highest BCUT2D eigenvalue weighted by Crippen LogP contribution is 2.36. The molecule has 0 aromatic heterocycles. The van der Waals surface area contributed by atoms with Gasteiger partial charge in [0.25, 0.3) is 0 Å². The molecular weight excluding hydrogens is 242 g/mol. The second kappa shape index (κ2) is 6.08. The van der Waals surface area contributed by atoms with Gasteiger partial charge in [0.2, 0.25) is 0 Å². The molecule has 0 saturated carbocycles. The van der Waals surface area contributed by atoms with Gasteiger partial charge in [0, 0.05) is 31.7 Å². The standard InChI is InChI=1S/C15H27NO3/c17-11-14-4-2-1-3-7-16(14)13-5-8-19-15(10-13)6-9-18-12-15/h13-14,17H,1-12H2. The molecule has 1 N–H and O–H groups in total. The van der Waals surface area contributed by atoms with Gasteiger partial charge in [-0.3, -0.25) is 4.90 Å². The average molecular weight is 269 g/mol. The van der Waals surface area contributed by atoms with Crippen molar-refractivity contribution >= 4 is 0 Å². The second-order valence-corrected chi connectivity index (χ2v) is 6.40. The van der Waals surface area contributed by atoms with E-state index in [1.165, 1.54) is 19.3 Å². The maximum absolute atomic E-state index is 9.68. The van der Waals surface area contributed by atoms with Crippen molar-refractivity contribution in [2.75, 3.05) is 33.0 Å². The molecule has 4 nitrogen and oxygen atoms in total. The monoisotopic (exact) mass is 269 g/mol. The Labute approximate surface area is 116 Å². The molecular formula is C15H27NO3. The van der Waals surface area contributed by atoms with Gasteiger partial charge in [0.1, 0.15) is 0 Å². The van der Waals surface area contributed by atoms with Crippen LogP contribution in [0.3, 0.4) is 0 Å². The Hall–Kier alpha value is -0.160. The highest BCUT2D eigenvalue weighted by Gasteiger charge is 2.43. The summed E-state index contributed by atoms with van der Waals surface area (Å²) in [4.78, 5) is 2.58. The predicted octanol–water partition coefficient (Wildman–Crippen LogP) is 1.56. The molecule has 3 fully saturated rings. The van der Waals surface area contributed by atoms with Gasteiger partial charge >= 0.3 is 0 Å². The summed E-state index contributed by atoms with van der Waals surface area (Å²) in [5.41, 5.74) is -0.0186. The maximum Gasteiger partial charge on any atom is 0.0951 e. The quantitative estimate of drug-likeness (QED) is 0.826. The van der Waals surface area contributed by atoms with Crippen molar-refractivity contribution in [3.05, 3.63) is 0 Å². The first-order valence-electron chi connectivity index (χ1n) is 7.91. The van der Waals surface area contributed by atoms with Gasteiger partial charge in [-0.1, -0.05) is 12.8 Å². The lowest BCUT2D eigenvalue weighted by molar-refractivity contribution is -0.112. The van der Waals surface area contributed by atoms with Crippen LogP contribution in [0.4, 0.5) is 0 Å². The van der Waals surface area contributed by atoms with Gasteiger partial charge < -0.3 is 14.6 Å². The average Bonchev–Trinajstić information content (AvgIpc) is 2.75. The number of likely N-dealkylation sites (tertiary alicyclic amines) is 1. The number of aliphatic hydroxyl groups is 1. The SMILES string of the molecule is OCC1CCCCCN1C1CCOC2(CCOC2)C1. The molecule has 0 aromatic carbocycles. The van der Waals surface area contributed by atoms with Gasteiger partial charge in [-0.2, -0.15) is 0 Å². The highest BCUT2D eigenvalue weighted by molar-refractivity contribution is 4.95. The van der Waals surface area contributed by atoms with Crippen molar-refractivity contribution in [2.45, 2.75) is 62.6 Å². The fourth-order valence-electron chi connectivity index (χ4n) is 4.02. The van der Waals surface area contributed by atoms with E-state index in [1.54, 1.807) is 0 Å². The zero-order valence-electron chi connectivity index (χ0n) is 11.9. The minimum Gasteiger partial charge on any atom is -0.395 e. The summed E-state index contributed by atoms with van der Waals surface area (Å²) in [6.45, 7) is 3.91. The van der Waals surface area contributed by atoms with Crippen LogP contribution in [-0.4, -0.2) is 60.7 Å². The molecule has 110 valence electrons. The minimum atomic E-state index is -0.0186.